The molecule has 27 heavy (non-hydrogen) atoms. The molecule has 0 aliphatic rings. The molecule has 3 aromatic rings. The van der Waals surface area contributed by atoms with Crippen molar-refractivity contribution in [2.75, 3.05) is 7.11 Å². The minimum absolute atomic E-state index is 0.201. The summed E-state index contributed by atoms with van der Waals surface area (Å²) in [5, 5.41) is 2.95. The Bertz CT molecular complexity index is 908. The molecular formula is C21H20BrNO4. The van der Waals surface area contributed by atoms with Gasteiger partial charge in [-0.05, 0) is 58.7 Å². The third-order valence-corrected chi connectivity index (χ3v) is 4.73. The minimum Gasteiger partial charge on any atom is -0.496 e. The van der Waals surface area contributed by atoms with Crippen LogP contribution >= 0.6 is 15.9 Å². The van der Waals surface area contributed by atoms with E-state index < -0.39 is 0 Å². The molecule has 1 unspecified atom stereocenters. The van der Waals surface area contributed by atoms with Gasteiger partial charge in [0.05, 0.1) is 23.9 Å². The van der Waals surface area contributed by atoms with Crippen LogP contribution in [0.3, 0.4) is 0 Å². The van der Waals surface area contributed by atoms with Gasteiger partial charge in [0, 0.05) is 5.56 Å². The van der Waals surface area contributed by atoms with Gasteiger partial charge < -0.3 is 19.2 Å². The fourth-order valence-corrected chi connectivity index (χ4v) is 3.18. The van der Waals surface area contributed by atoms with Crippen LogP contribution in [0.4, 0.5) is 0 Å². The van der Waals surface area contributed by atoms with Crippen molar-refractivity contribution in [3.05, 3.63) is 82.2 Å². The first-order valence-corrected chi connectivity index (χ1v) is 9.26. The lowest BCUT2D eigenvalue weighted by Gasteiger charge is -2.15. The van der Waals surface area contributed by atoms with Crippen LogP contribution in [0.15, 0.2) is 69.8 Å². The van der Waals surface area contributed by atoms with Gasteiger partial charge in [0.25, 0.3) is 5.91 Å². The summed E-state index contributed by atoms with van der Waals surface area (Å²) in [5.74, 6) is 1.45. The maximum absolute atomic E-state index is 12.6. The van der Waals surface area contributed by atoms with Crippen molar-refractivity contribution in [1.82, 2.24) is 5.32 Å². The summed E-state index contributed by atoms with van der Waals surface area (Å²) in [6.45, 7) is 2.17. The van der Waals surface area contributed by atoms with Gasteiger partial charge in [0.1, 0.15) is 18.1 Å². The first kappa shape index (κ1) is 19.0. The number of carbonyl (C=O) groups excluding carboxylic acids is 1. The van der Waals surface area contributed by atoms with E-state index >= 15 is 0 Å². The highest BCUT2D eigenvalue weighted by Gasteiger charge is 2.19. The summed E-state index contributed by atoms with van der Waals surface area (Å²) < 4.78 is 17.2. The maximum atomic E-state index is 12.6. The van der Waals surface area contributed by atoms with Gasteiger partial charge in [0.2, 0.25) is 0 Å². The normalized spacial score (nSPS) is 11.7. The Kier molecular flexibility index (Phi) is 6.19. The average molecular weight is 430 g/mol. The second kappa shape index (κ2) is 8.77. The van der Waals surface area contributed by atoms with Gasteiger partial charge in [-0.25, -0.2) is 0 Å². The maximum Gasteiger partial charge on any atom is 0.287 e. The highest BCUT2D eigenvalue weighted by molar-refractivity contribution is 9.10. The molecule has 0 fully saturated rings. The SMILES string of the molecule is COc1ccc(C(C)NC(=O)c2occc2COc2ccccc2)cc1Br. The summed E-state index contributed by atoms with van der Waals surface area (Å²) in [6, 6.07) is 16.7. The predicted molar refractivity (Wildman–Crippen MR) is 106 cm³/mol. The molecule has 1 aromatic heterocycles. The molecule has 0 saturated carbocycles. The highest BCUT2D eigenvalue weighted by Crippen LogP contribution is 2.28. The van der Waals surface area contributed by atoms with Gasteiger partial charge >= 0.3 is 0 Å². The van der Waals surface area contributed by atoms with Crippen LogP contribution in [0.2, 0.25) is 0 Å². The number of rotatable bonds is 7. The molecule has 0 bridgehead atoms. The average Bonchev–Trinajstić information content (AvgIpc) is 3.16. The van der Waals surface area contributed by atoms with E-state index in [-0.39, 0.29) is 24.3 Å². The smallest absolute Gasteiger partial charge is 0.287 e. The second-order valence-corrected chi connectivity index (χ2v) is 6.82. The molecule has 1 N–H and O–H groups in total. The quantitative estimate of drug-likeness (QED) is 0.565. The number of carbonyl (C=O) groups is 1. The number of benzene rings is 2. The third-order valence-electron chi connectivity index (χ3n) is 4.11. The Labute approximate surface area is 166 Å². The van der Waals surface area contributed by atoms with Gasteiger partial charge in [-0.15, -0.1) is 0 Å². The van der Waals surface area contributed by atoms with Crippen LogP contribution in [0, 0.1) is 0 Å². The van der Waals surface area contributed by atoms with E-state index in [1.165, 1.54) is 6.26 Å². The Hall–Kier alpha value is -2.73. The number of amides is 1. The molecular weight excluding hydrogens is 410 g/mol. The zero-order valence-electron chi connectivity index (χ0n) is 15.1. The van der Waals surface area contributed by atoms with Gasteiger partial charge in [-0.1, -0.05) is 24.3 Å². The Morgan fingerprint density at radius 3 is 2.67 bits per heavy atom. The van der Waals surface area contributed by atoms with Crippen LogP contribution in [0.25, 0.3) is 0 Å². The molecule has 0 aliphatic heterocycles. The van der Waals surface area contributed by atoms with Crippen LogP contribution in [0.5, 0.6) is 11.5 Å². The lowest BCUT2D eigenvalue weighted by atomic mass is 10.1. The lowest BCUT2D eigenvalue weighted by molar-refractivity contribution is 0.0908. The zero-order chi connectivity index (χ0) is 19.2. The molecule has 5 nitrogen and oxygen atoms in total. The Morgan fingerprint density at radius 2 is 1.96 bits per heavy atom. The summed E-state index contributed by atoms with van der Waals surface area (Å²) >= 11 is 3.46. The number of hydrogen-bond acceptors (Lipinski definition) is 4. The van der Waals surface area contributed by atoms with Gasteiger partial charge in [-0.2, -0.15) is 0 Å². The van der Waals surface area contributed by atoms with E-state index in [0.717, 1.165) is 21.5 Å². The van der Waals surface area contributed by atoms with E-state index in [4.69, 9.17) is 13.9 Å². The van der Waals surface area contributed by atoms with E-state index in [9.17, 15) is 4.79 Å². The third kappa shape index (κ3) is 4.71. The topological polar surface area (TPSA) is 60.7 Å². The highest BCUT2D eigenvalue weighted by atomic mass is 79.9. The van der Waals surface area contributed by atoms with Crippen molar-refractivity contribution in [3.63, 3.8) is 0 Å². The molecule has 0 radical (unpaired) electrons. The molecule has 0 saturated heterocycles. The van der Waals surface area contributed by atoms with E-state index in [1.54, 1.807) is 13.2 Å². The van der Waals surface area contributed by atoms with Crippen molar-refractivity contribution in [2.45, 2.75) is 19.6 Å². The minimum atomic E-state index is -0.286. The molecule has 6 heteroatoms. The fourth-order valence-electron chi connectivity index (χ4n) is 2.62. The van der Waals surface area contributed by atoms with Gasteiger partial charge in [-0.3, -0.25) is 4.79 Å². The summed E-state index contributed by atoms with van der Waals surface area (Å²) in [7, 11) is 1.61. The largest absolute Gasteiger partial charge is 0.496 e. The monoisotopic (exact) mass is 429 g/mol. The second-order valence-electron chi connectivity index (χ2n) is 5.97. The number of para-hydroxylation sites is 1. The molecule has 140 valence electrons. The van der Waals surface area contributed by atoms with Gasteiger partial charge in [0.15, 0.2) is 5.76 Å². The molecule has 3 rings (SSSR count). The van der Waals surface area contributed by atoms with E-state index in [2.05, 4.69) is 21.2 Å². The lowest BCUT2D eigenvalue weighted by Crippen LogP contribution is -2.27. The van der Waals surface area contributed by atoms with Crippen LogP contribution in [-0.4, -0.2) is 13.0 Å². The molecule has 1 heterocycles. The van der Waals surface area contributed by atoms with Crippen LogP contribution in [-0.2, 0) is 6.61 Å². The molecule has 1 amide bonds. The summed E-state index contributed by atoms with van der Waals surface area (Å²) in [6.07, 6.45) is 1.49. The standard InChI is InChI=1S/C21H20BrNO4/c1-14(15-8-9-19(25-2)18(22)12-15)23-21(24)20-16(10-11-26-20)13-27-17-6-4-3-5-7-17/h3-12,14H,13H2,1-2H3,(H,23,24). The zero-order valence-corrected chi connectivity index (χ0v) is 16.7. The van der Waals surface area contributed by atoms with Crippen molar-refractivity contribution >= 4 is 21.8 Å². The Morgan fingerprint density at radius 1 is 1.19 bits per heavy atom. The molecule has 1 atom stereocenters. The van der Waals surface area contributed by atoms with E-state index in [0.29, 0.717) is 5.56 Å². The van der Waals surface area contributed by atoms with Crippen molar-refractivity contribution < 1.29 is 18.7 Å². The van der Waals surface area contributed by atoms with Crippen molar-refractivity contribution in [1.29, 1.82) is 0 Å². The first-order chi connectivity index (χ1) is 13.1. The summed E-state index contributed by atoms with van der Waals surface area (Å²) in [4.78, 5) is 12.6. The van der Waals surface area contributed by atoms with E-state index in [1.807, 2.05) is 55.5 Å². The number of methoxy groups -OCH3 is 1. The Balaban J connectivity index is 1.66. The number of hydrogen-bond donors (Lipinski definition) is 1. The number of furan rings is 1. The van der Waals surface area contributed by atoms with Crippen molar-refractivity contribution in [3.8, 4) is 11.5 Å². The number of nitrogens with one attached hydrogen (secondary N) is 1. The molecule has 0 aliphatic carbocycles. The number of halogens is 1. The fraction of sp³-hybridized carbons (Fsp3) is 0.190. The summed E-state index contributed by atoms with van der Waals surface area (Å²) in [5.41, 5.74) is 1.64. The van der Waals surface area contributed by atoms with Crippen molar-refractivity contribution in [2.24, 2.45) is 0 Å². The predicted octanol–water partition coefficient (Wildman–Crippen LogP) is 5.12. The first-order valence-electron chi connectivity index (χ1n) is 8.47. The number of ether oxygens (including phenoxy) is 2. The van der Waals surface area contributed by atoms with Crippen LogP contribution in [0.1, 0.15) is 34.6 Å². The molecule has 0 spiro atoms. The molecule has 2 aromatic carbocycles. The van der Waals surface area contributed by atoms with Crippen LogP contribution < -0.4 is 14.8 Å².